The van der Waals surface area contributed by atoms with Crippen LogP contribution in [0.5, 0.6) is 0 Å². The van der Waals surface area contributed by atoms with Crippen LogP contribution in [0.2, 0.25) is 0 Å². The zero-order chi connectivity index (χ0) is 37.0. The number of aromatic amines is 2. The lowest BCUT2D eigenvalue weighted by Gasteiger charge is -2.17. The van der Waals surface area contributed by atoms with E-state index in [1.807, 2.05) is 4.98 Å². The summed E-state index contributed by atoms with van der Waals surface area (Å²) >= 11 is 0. The molecule has 0 atom stereocenters. The lowest BCUT2D eigenvalue weighted by Crippen LogP contribution is -2.43. The molecule has 0 amide bonds. The molecule has 24 heteroatoms. The zero-order valence-corrected chi connectivity index (χ0v) is 26.4. The van der Waals surface area contributed by atoms with Crippen molar-refractivity contribution in [3.63, 3.8) is 0 Å². The Hall–Kier alpha value is -5.52. The fourth-order valence-electron chi connectivity index (χ4n) is 4.44. The molecule has 0 fully saturated rings. The fraction of sp³-hybridized carbons (Fsp3) is 0.200. The highest BCUT2D eigenvalue weighted by Crippen LogP contribution is 2.36. The minimum atomic E-state index is -4.77. The van der Waals surface area contributed by atoms with Gasteiger partial charge in [-0.3, -0.25) is 9.59 Å². The molecule has 0 aliphatic rings. The van der Waals surface area contributed by atoms with Crippen LogP contribution in [-0.4, -0.2) is 53.2 Å². The zero-order valence-electron chi connectivity index (χ0n) is 24.8. The van der Waals surface area contributed by atoms with Crippen LogP contribution >= 0.6 is 0 Å². The first-order chi connectivity index (χ1) is 22.3. The Morgan fingerprint density at radius 3 is 1.53 bits per heavy atom. The summed E-state index contributed by atoms with van der Waals surface area (Å²) in [6.07, 6.45) is -6.70. The lowest BCUT2D eigenvalue weighted by atomic mass is 10.1. The Morgan fingerprint density at radius 2 is 1.14 bits per heavy atom. The van der Waals surface area contributed by atoms with E-state index in [1.54, 1.807) is 22.7 Å². The molecule has 0 saturated heterocycles. The number of nitrogen functional groups attached to an aromatic ring is 1. The first kappa shape index (κ1) is 36.3. The molecule has 5 aromatic rings. The fourth-order valence-corrected chi connectivity index (χ4v) is 5.43. The molecule has 49 heavy (non-hydrogen) atoms. The quantitative estimate of drug-likeness (QED) is 0.128. The van der Waals surface area contributed by atoms with Crippen LogP contribution in [-0.2, 0) is 32.4 Å². The van der Waals surface area contributed by atoms with Crippen LogP contribution in [0.25, 0.3) is 27.5 Å². The third-order valence-electron chi connectivity index (χ3n) is 6.42. The number of sulfonamides is 2. The number of nitrogens with two attached hydrogens (primary N) is 1. The van der Waals surface area contributed by atoms with E-state index in [4.69, 9.17) is 5.73 Å². The number of H-pyrrole nitrogens is 2. The number of hydrogen-bond donors (Lipinski definition) is 5. The van der Waals surface area contributed by atoms with E-state index in [9.17, 15) is 62.4 Å². The van der Waals surface area contributed by atoms with Gasteiger partial charge in [-0.25, -0.2) is 36.1 Å². The second kappa shape index (κ2) is 12.2. The Kier molecular flexibility index (Phi) is 9.02. The summed E-state index contributed by atoms with van der Waals surface area (Å²) < 4.78 is 125. The first-order valence-electron chi connectivity index (χ1n) is 12.9. The molecule has 2 aromatic carbocycles. The van der Waals surface area contributed by atoms with Gasteiger partial charge in [0.15, 0.2) is 0 Å². The SMILES string of the molecule is CS(=O)(=O)Nn1c(=O)[nH]c2cc(C(F)(F)F)c(N)cc2c1=O.Cc1cccn1-c1cc2c(=O)n(NS(C)(=O)=O)c(=O)[nH]c2cc1C(F)(F)F. The summed E-state index contributed by atoms with van der Waals surface area (Å²) in [6.45, 7) is 1.58. The number of aromatic nitrogens is 5. The molecule has 0 spiro atoms. The Bertz CT molecular complexity index is 2600. The molecule has 3 heterocycles. The molecule has 16 nitrogen and oxygen atoms in total. The maximum absolute atomic E-state index is 13.5. The third kappa shape index (κ3) is 7.80. The summed E-state index contributed by atoms with van der Waals surface area (Å²) in [5, 5.41) is -0.664. The van der Waals surface area contributed by atoms with Crippen molar-refractivity contribution in [2.24, 2.45) is 0 Å². The van der Waals surface area contributed by atoms with Gasteiger partial charge in [-0.15, -0.1) is 0 Å². The average molecular weight is 741 g/mol. The minimum absolute atomic E-state index is 0.129. The number of benzene rings is 2. The molecule has 0 aliphatic carbocycles. The average Bonchev–Trinajstić information content (AvgIpc) is 3.37. The number of halogens is 6. The van der Waals surface area contributed by atoms with Crippen molar-refractivity contribution in [3.05, 3.63) is 101 Å². The Balaban J connectivity index is 0.000000226. The molecule has 5 rings (SSSR count). The summed E-state index contributed by atoms with van der Waals surface area (Å²) in [4.78, 5) is 55.6. The van der Waals surface area contributed by atoms with Crippen molar-refractivity contribution >= 4 is 47.5 Å². The predicted octanol–water partition coefficient (Wildman–Crippen LogP) is 1.10. The number of nitrogens with zero attached hydrogens (tertiary/aromatic N) is 3. The van der Waals surface area contributed by atoms with Crippen molar-refractivity contribution < 1.29 is 43.2 Å². The number of alkyl halides is 6. The van der Waals surface area contributed by atoms with Gasteiger partial charge in [0.2, 0.25) is 20.0 Å². The normalized spacial score (nSPS) is 12.5. The van der Waals surface area contributed by atoms with Crippen LogP contribution in [0.4, 0.5) is 32.0 Å². The molecule has 0 aliphatic heterocycles. The summed E-state index contributed by atoms with van der Waals surface area (Å²) in [7, 11) is -7.93. The van der Waals surface area contributed by atoms with E-state index in [-0.39, 0.29) is 31.3 Å². The van der Waals surface area contributed by atoms with Gasteiger partial charge in [0.25, 0.3) is 11.1 Å². The van der Waals surface area contributed by atoms with Crippen molar-refractivity contribution in [2.75, 3.05) is 27.9 Å². The summed E-state index contributed by atoms with van der Waals surface area (Å²) in [5.74, 6) is 0. The van der Waals surface area contributed by atoms with Gasteiger partial charge in [0.1, 0.15) is 0 Å². The summed E-state index contributed by atoms with van der Waals surface area (Å²) in [5.41, 5.74) is -3.06. The van der Waals surface area contributed by atoms with E-state index in [1.165, 1.54) is 16.8 Å². The second-order valence-electron chi connectivity index (χ2n) is 10.3. The van der Waals surface area contributed by atoms with Crippen LogP contribution in [0.3, 0.4) is 0 Å². The number of aryl methyl sites for hydroxylation is 1. The number of nitrogens with one attached hydrogen (secondary N) is 4. The molecule has 264 valence electrons. The summed E-state index contributed by atoms with van der Waals surface area (Å²) in [6, 6.07) is 5.97. The van der Waals surface area contributed by atoms with Crippen molar-refractivity contribution in [3.8, 4) is 5.69 Å². The maximum Gasteiger partial charge on any atom is 0.418 e. The van der Waals surface area contributed by atoms with Gasteiger partial charge >= 0.3 is 23.7 Å². The van der Waals surface area contributed by atoms with Gasteiger partial charge in [0.05, 0.1) is 51.1 Å². The highest BCUT2D eigenvalue weighted by atomic mass is 32.2. The lowest BCUT2D eigenvalue weighted by molar-refractivity contribution is -0.138. The van der Waals surface area contributed by atoms with E-state index < -0.39 is 77.2 Å². The molecule has 0 bridgehead atoms. The number of rotatable bonds is 5. The van der Waals surface area contributed by atoms with E-state index >= 15 is 0 Å². The molecular weight excluding hydrogens is 718 g/mol. The van der Waals surface area contributed by atoms with Crippen molar-refractivity contribution in [1.29, 1.82) is 0 Å². The van der Waals surface area contributed by atoms with Crippen molar-refractivity contribution in [1.82, 2.24) is 23.9 Å². The number of fused-ring (bicyclic) bond motifs is 2. The number of anilines is 1. The molecule has 0 unspecified atom stereocenters. The molecule has 3 aromatic heterocycles. The largest absolute Gasteiger partial charge is 0.418 e. The minimum Gasteiger partial charge on any atom is -0.398 e. The second-order valence-corrected chi connectivity index (χ2v) is 13.7. The van der Waals surface area contributed by atoms with Crippen molar-refractivity contribution in [2.45, 2.75) is 19.3 Å². The van der Waals surface area contributed by atoms with Gasteiger partial charge in [-0.1, -0.05) is 0 Å². The highest BCUT2D eigenvalue weighted by Gasteiger charge is 2.35. The maximum atomic E-state index is 13.5. The van der Waals surface area contributed by atoms with E-state index in [0.29, 0.717) is 24.1 Å². The smallest absolute Gasteiger partial charge is 0.398 e. The molecular formula is C25H22F6N8O8S2. The predicted molar refractivity (Wildman–Crippen MR) is 165 cm³/mol. The van der Waals surface area contributed by atoms with Crippen LogP contribution in [0, 0.1) is 6.92 Å². The molecule has 0 saturated carbocycles. The monoisotopic (exact) mass is 740 g/mol. The van der Waals surface area contributed by atoms with Crippen LogP contribution < -0.4 is 37.9 Å². The Morgan fingerprint density at radius 1 is 0.714 bits per heavy atom. The topological polar surface area (TPSA) is 233 Å². The van der Waals surface area contributed by atoms with Gasteiger partial charge in [-0.2, -0.15) is 35.7 Å². The molecule has 6 N–H and O–H groups in total. The first-order valence-corrected chi connectivity index (χ1v) is 16.7. The van der Waals surface area contributed by atoms with Crippen LogP contribution in [0.1, 0.15) is 16.8 Å². The van der Waals surface area contributed by atoms with E-state index in [0.717, 1.165) is 18.4 Å². The third-order valence-corrected chi connectivity index (χ3v) is 7.45. The Labute approximate surface area is 268 Å². The van der Waals surface area contributed by atoms with Crippen LogP contribution in [0.15, 0.2) is 61.8 Å². The van der Waals surface area contributed by atoms with E-state index in [2.05, 4.69) is 4.98 Å². The standard InChI is InChI=1S/C15H13F3N4O4S.C10H9F3N4O4S/c1-8-4-3-5-21(8)12-6-9-11(7-10(12)15(16,17)18)19-14(24)22(13(9)23)20-27(2,25)26;1-22(20,21)16-17-8(18)4-2-6(14)5(10(11,12)13)3-7(4)15-9(17)19/h3-7,20H,1-2H3,(H,19,24);2-3,16H,14H2,1H3,(H,15,19). The number of hydrogen-bond acceptors (Lipinski definition) is 9. The highest BCUT2D eigenvalue weighted by molar-refractivity contribution is 7.91. The van der Waals surface area contributed by atoms with Gasteiger partial charge < -0.3 is 20.3 Å². The molecule has 0 radical (unpaired) electrons. The van der Waals surface area contributed by atoms with Gasteiger partial charge in [-0.05, 0) is 43.3 Å². The van der Waals surface area contributed by atoms with Gasteiger partial charge in [0, 0.05) is 17.6 Å².